The summed E-state index contributed by atoms with van der Waals surface area (Å²) in [6.45, 7) is 2.40. The predicted molar refractivity (Wildman–Crippen MR) is 139 cm³/mol. The standard InChI is InChI=1S/C26H29BrN2O5S/c1-2-34-25(33)19-20-24(32)29(11-5-6-12-30)22(26(20)14-18(27)21(19)35-26)23(31)28-17-10-9-15-7-3-4-8-16(15)13-17/h3-4,7-10,13,18-22,30H,2,5-6,11-12,14H2,1H3,(H,28,31)/t18?,19-,20+,21-,22?,26?/m1/s1. The molecule has 6 atom stereocenters. The van der Waals surface area contributed by atoms with Crippen molar-refractivity contribution < 1.29 is 24.2 Å². The van der Waals surface area contributed by atoms with Gasteiger partial charge >= 0.3 is 5.97 Å². The minimum atomic E-state index is -0.709. The minimum Gasteiger partial charge on any atom is -0.466 e. The number of carbonyl (C=O) groups is 3. The van der Waals surface area contributed by atoms with Crippen LogP contribution in [0.2, 0.25) is 0 Å². The summed E-state index contributed by atoms with van der Waals surface area (Å²) in [6, 6.07) is 13.0. The molecule has 2 aromatic rings. The normalized spacial score (nSPS) is 31.1. The number of aliphatic hydroxyl groups is 1. The number of carbonyl (C=O) groups excluding carboxylic acids is 3. The maximum absolute atomic E-state index is 13.9. The van der Waals surface area contributed by atoms with E-state index in [9.17, 15) is 19.5 Å². The number of nitrogens with zero attached hydrogens (tertiary/aromatic N) is 1. The van der Waals surface area contributed by atoms with Gasteiger partial charge in [0.2, 0.25) is 11.8 Å². The summed E-state index contributed by atoms with van der Waals surface area (Å²) in [7, 11) is 0. The molecule has 2 bridgehead atoms. The van der Waals surface area contributed by atoms with Crippen molar-refractivity contribution in [2.75, 3.05) is 25.1 Å². The van der Waals surface area contributed by atoms with Crippen LogP contribution in [-0.2, 0) is 19.1 Å². The molecular weight excluding hydrogens is 532 g/mol. The third kappa shape index (κ3) is 4.05. The highest BCUT2D eigenvalue weighted by atomic mass is 79.9. The quantitative estimate of drug-likeness (QED) is 0.291. The van der Waals surface area contributed by atoms with Gasteiger partial charge in [0.1, 0.15) is 6.04 Å². The molecule has 3 fully saturated rings. The van der Waals surface area contributed by atoms with E-state index < -0.39 is 22.6 Å². The summed E-state index contributed by atoms with van der Waals surface area (Å²) in [5, 5.41) is 14.3. The Morgan fingerprint density at radius 3 is 2.74 bits per heavy atom. The number of benzene rings is 2. The van der Waals surface area contributed by atoms with Crippen molar-refractivity contribution >= 4 is 61.9 Å². The first-order valence-corrected chi connectivity index (χ1v) is 13.9. The SMILES string of the molecule is CCOC(=O)[C@H]1[C@@H]2SC3(CC2Br)C(C(=O)Nc2ccc4ccccc4c2)N(CCCCO)C(=O)[C@H]13. The number of likely N-dealkylation sites (tertiary alicyclic amines) is 1. The monoisotopic (exact) mass is 560 g/mol. The van der Waals surface area contributed by atoms with Gasteiger partial charge in [-0.1, -0.05) is 46.3 Å². The lowest BCUT2D eigenvalue weighted by atomic mass is 9.71. The van der Waals surface area contributed by atoms with E-state index in [4.69, 9.17) is 4.74 Å². The van der Waals surface area contributed by atoms with Gasteiger partial charge in [-0.05, 0) is 49.1 Å². The van der Waals surface area contributed by atoms with E-state index in [1.165, 1.54) is 0 Å². The van der Waals surface area contributed by atoms with Gasteiger partial charge in [0, 0.05) is 28.9 Å². The molecule has 3 unspecified atom stereocenters. The fourth-order valence-corrected chi connectivity index (χ4v) is 9.65. The summed E-state index contributed by atoms with van der Waals surface area (Å²) in [6.07, 6.45) is 1.75. The molecule has 0 radical (unpaired) electrons. The fourth-order valence-electron chi connectivity index (χ4n) is 6.05. The highest BCUT2D eigenvalue weighted by Crippen LogP contribution is 2.67. The Labute approximate surface area is 217 Å². The number of hydrogen-bond donors (Lipinski definition) is 2. The molecule has 2 aromatic carbocycles. The van der Waals surface area contributed by atoms with E-state index in [2.05, 4.69) is 21.2 Å². The largest absolute Gasteiger partial charge is 0.466 e. The summed E-state index contributed by atoms with van der Waals surface area (Å²) in [5.74, 6) is -1.93. The molecule has 3 aliphatic rings. The number of fused-ring (bicyclic) bond motifs is 2. The zero-order valence-corrected chi connectivity index (χ0v) is 21.9. The van der Waals surface area contributed by atoms with Crippen LogP contribution in [0.25, 0.3) is 10.8 Å². The average Bonchev–Trinajstić information content (AvgIpc) is 3.43. The molecule has 7 nitrogen and oxygen atoms in total. The number of halogens is 1. The van der Waals surface area contributed by atoms with Gasteiger partial charge in [0.05, 0.1) is 23.2 Å². The maximum atomic E-state index is 13.9. The van der Waals surface area contributed by atoms with Gasteiger partial charge in [0.15, 0.2) is 0 Å². The molecule has 2 N–H and O–H groups in total. The van der Waals surface area contributed by atoms with Crippen LogP contribution in [0, 0.1) is 11.8 Å². The van der Waals surface area contributed by atoms with Crippen molar-refractivity contribution in [2.45, 2.75) is 47.1 Å². The van der Waals surface area contributed by atoms with Crippen LogP contribution in [0.1, 0.15) is 26.2 Å². The fraction of sp³-hybridized carbons (Fsp3) is 0.500. The number of esters is 1. The summed E-state index contributed by atoms with van der Waals surface area (Å²) >= 11 is 5.33. The Bertz CT molecular complexity index is 1160. The van der Waals surface area contributed by atoms with Gasteiger partial charge < -0.3 is 20.1 Å². The number of ether oxygens (including phenoxy) is 1. The second-order valence-electron chi connectivity index (χ2n) is 9.43. The number of alkyl halides is 1. The molecule has 0 aliphatic carbocycles. The lowest BCUT2D eigenvalue weighted by Gasteiger charge is -2.35. The Balaban J connectivity index is 1.49. The first-order valence-electron chi connectivity index (χ1n) is 12.1. The summed E-state index contributed by atoms with van der Waals surface area (Å²) in [4.78, 5) is 42.3. The van der Waals surface area contributed by atoms with Crippen molar-refractivity contribution in [3.05, 3.63) is 42.5 Å². The lowest BCUT2D eigenvalue weighted by molar-refractivity contribution is -0.153. The molecular formula is C26H29BrN2O5S. The van der Waals surface area contributed by atoms with Crippen molar-refractivity contribution in [1.29, 1.82) is 0 Å². The number of nitrogens with one attached hydrogen (secondary N) is 1. The third-order valence-electron chi connectivity index (χ3n) is 7.42. The molecule has 3 aliphatic heterocycles. The van der Waals surface area contributed by atoms with Crippen LogP contribution in [0.3, 0.4) is 0 Å². The Morgan fingerprint density at radius 2 is 2.00 bits per heavy atom. The van der Waals surface area contributed by atoms with E-state index in [0.717, 1.165) is 10.8 Å². The van der Waals surface area contributed by atoms with Gasteiger partial charge in [-0.3, -0.25) is 14.4 Å². The van der Waals surface area contributed by atoms with Crippen molar-refractivity contribution in [2.24, 2.45) is 11.8 Å². The summed E-state index contributed by atoms with van der Waals surface area (Å²) < 4.78 is 4.67. The maximum Gasteiger partial charge on any atom is 0.310 e. The van der Waals surface area contributed by atoms with Crippen LogP contribution < -0.4 is 5.32 Å². The first kappa shape index (κ1) is 24.6. The van der Waals surface area contributed by atoms with E-state index in [1.54, 1.807) is 23.6 Å². The number of rotatable bonds is 8. The highest BCUT2D eigenvalue weighted by molar-refractivity contribution is 9.09. The molecule has 9 heteroatoms. The highest BCUT2D eigenvalue weighted by Gasteiger charge is 2.75. The Morgan fingerprint density at radius 1 is 1.23 bits per heavy atom. The third-order valence-corrected chi connectivity index (χ3v) is 10.6. The number of anilines is 1. The molecule has 35 heavy (non-hydrogen) atoms. The number of thioether (sulfide) groups is 1. The smallest absolute Gasteiger partial charge is 0.310 e. The molecule has 1 spiro atoms. The zero-order chi connectivity index (χ0) is 24.7. The van der Waals surface area contributed by atoms with E-state index >= 15 is 0 Å². The van der Waals surface area contributed by atoms with Crippen LogP contribution in [-0.4, -0.2) is 68.4 Å². The minimum absolute atomic E-state index is 0.0133. The molecule has 0 aromatic heterocycles. The topological polar surface area (TPSA) is 95.9 Å². The second kappa shape index (κ2) is 9.75. The van der Waals surface area contributed by atoms with Crippen LogP contribution in [0.15, 0.2) is 42.5 Å². The molecule has 5 rings (SSSR count). The van der Waals surface area contributed by atoms with Crippen LogP contribution >= 0.6 is 27.7 Å². The Kier molecular flexibility index (Phi) is 6.85. The first-order chi connectivity index (χ1) is 16.9. The molecule has 186 valence electrons. The molecule has 2 amide bonds. The predicted octanol–water partition coefficient (Wildman–Crippen LogP) is 3.58. The molecule has 0 saturated carbocycles. The van der Waals surface area contributed by atoms with Gasteiger partial charge in [-0.15, -0.1) is 11.8 Å². The number of amides is 2. The molecule has 3 saturated heterocycles. The number of hydrogen-bond acceptors (Lipinski definition) is 6. The van der Waals surface area contributed by atoms with Gasteiger partial charge in [0.25, 0.3) is 0 Å². The van der Waals surface area contributed by atoms with Crippen LogP contribution in [0.4, 0.5) is 5.69 Å². The van der Waals surface area contributed by atoms with E-state index in [0.29, 0.717) is 31.5 Å². The Hall–Kier alpha value is -2.10. The lowest BCUT2D eigenvalue weighted by Crippen LogP contribution is -2.52. The number of aliphatic hydroxyl groups excluding tert-OH is 1. The van der Waals surface area contributed by atoms with Gasteiger partial charge in [-0.25, -0.2) is 0 Å². The van der Waals surface area contributed by atoms with Gasteiger partial charge in [-0.2, -0.15) is 0 Å². The van der Waals surface area contributed by atoms with Crippen molar-refractivity contribution in [1.82, 2.24) is 4.90 Å². The molecule has 3 heterocycles. The van der Waals surface area contributed by atoms with E-state index in [1.807, 2.05) is 42.5 Å². The second-order valence-corrected chi connectivity index (χ2v) is 12.1. The zero-order valence-electron chi connectivity index (χ0n) is 19.5. The summed E-state index contributed by atoms with van der Waals surface area (Å²) in [5.41, 5.74) is 0.672. The van der Waals surface area contributed by atoms with Crippen LogP contribution in [0.5, 0.6) is 0 Å². The van der Waals surface area contributed by atoms with Crippen molar-refractivity contribution in [3.63, 3.8) is 0 Å². The van der Waals surface area contributed by atoms with Crippen molar-refractivity contribution in [3.8, 4) is 0 Å². The van der Waals surface area contributed by atoms with E-state index in [-0.39, 0.29) is 41.1 Å². The number of unbranched alkanes of at least 4 members (excludes halogenated alkanes) is 1. The average molecular weight is 561 g/mol.